The summed E-state index contributed by atoms with van der Waals surface area (Å²) >= 11 is 0. The highest BCUT2D eigenvalue weighted by Crippen LogP contribution is 2.17. The zero-order valence-corrected chi connectivity index (χ0v) is 11.5. The van der Waals surface area contributed by atoms with Crippen LogP contribution < -0.4 is 10.6 Å². The number of amides is 1. The molecule has 1 heterocycles. The molecule has 2 N–H and O–H groups in total. The molecule has 0 saturated carbocycles. The Morgan fingerprint density at radius 3 is 2.84 bits per heavy atom. The van der Waals surface area contributed by atoms with Crippen LogP contribution in [-0.4, -0.2) is 30.5 Å². The number of benzene rings is 1. The standard InChI is InChI=1S/C15H19N3O/c1-10-8-14(15(19)17-9-11(2)16-3)18-13-7-5-4-6-12(10)13/h4-8,11,16H,9H2,1-3H3,(H,17,19). The van der Waals surface area contributed by atoms with Gasteiger partial charge < -0.3 is 10.6 Å². The van der Waals surface area contributed by atoms with Crippen molar-refractivity contribution in [2.45, 2.75) is 19.9 Å². The number of hydrogen-bond acceptors (Lipinski definition) is 3. The molecule has 1 amide bonds. The number of aromatic nitrogens is 1. The Hall–Kier alpha value is -1.94. The predicted molar refractivity (Wildman–Crippen MR) is 77.3 cm³/mol. The van der Waals surface area contributed by atoms with Gasteiger partial charge in [0.15, 0.2) is 0 Å². The Morgan fingerprint density at radius 1 is 1.37 bits per heavy atom. The molecule has 0 aliphatic heterocycles. The van der Waals surface area contributed by atoms with Gasteiger partial charge in [-0.25, -0.2) is 4.98 Å². The van der Waals surface area contributed by atoms with Crippen molar-refractivity contribution in [3.05, 3.63) is 41.6 Å². The lowest BCUT2D eigenvalue weighted by Crippen LogP contribution is -2.37. The lowest BCUT2D eigenvalue weighted by Gasteiger charge is -2.11. The van der Waals surface area contributed by atoms with E-state index < -0.39 is 0 Å². The molecule has 1 aromatic carbocycles. The Balaban J connectivity index is 2.23. The first-order chi connectivity index (χ1) is 9.11. The van der Waals surface area contributed by atoms with Crippen molar-refractivity contribution in [3.8, 4) is 0 Å². The minimum atomic E-state index is -0.129. The van der Waals surface area contributed by atoms with Gasteiger partial charge in [0.05, 0.1) is 5.52 Å². The van der Waals surface area contributed by atoms with Crippen LogP contribution >= 0.6 is 0 Å². The summed E-state index contributed by atoms with van der Waals surface area (Å²) in [5, 5.41) is 7.04. The Labute approximate surface area is 113 Å². The second-order valence-corrected chi connectivity index (χ2v) is 4.74. The molecule has 0 fully saturated rings. The molecule has 100 valence electrons. The number of para-hydroxylation sites is 1. The second kappa shape index (κ2) is 5.80. The van der Waals surface area contributed by atoms with Gasteiger partial charge in [0.2, 0.25) is 0 Å². The number of carbonyl (C=O) groups excluding carboxylic acids is 1. The lowest BCUT2D eigenvalue weighted by atomic mass is 10.1. The van der Waals surface area contributed by atoms with Crippen LogP contribution in [-0.2, 0) is 0 Å². The first-order valence-electron chi connectivity index (χ1n) is 6.43. The summed E-state index contributed by atoms with van der Waals surface area (Å²) in [5.41, 5.74) is 2.39. The second-order valence-electron chi connectivity index (χ2n) is 4.74. The van der Waals surface area contributed by atoms with Crippen molar-refractivity contribution in [1.29, 1.82) is 0 Å². The summed E-state index contributed by atoms with van der Waals surface area (Å²) in [5.74, 6) is -0.129. The summed E-state index contributed by atoms with van der Waals surface area (Å²) in [6.07, 6.45) is 0. The summed E-state index contributed by atoms with van der Waals surface area (Å²) < 4.78 is 0. The molecule has 1 unspecified atom stereocenters. The smallest absolute Gasteiger partial charge is 0.269 e. The van der Waals surface area contributed by atoms with E-state index in [1.54, 1.807) is 0 Å². The van der Waals surface area contributed by atoms with Gasteiger partial charge in [-0.15, -0.1) is 0 Å². The SMILES string of the molecule is CNC(C)CNC(=O)c1cc(C)c2ccccc2n1. The van der Waals surface area contributed by atoms with E-state index in [9.17, 15) is 4.79 Å². The van der Waals surface area contributed by atoms with Gasteiger partial charge in [-0.2, -0.15) is 0 Å². The molecule has 0 saturated heterocycles. The maximum Gasteiger partial charge on any atom is 0.269 e. The highest BCUT2D eigenvalue weighted by molar-refractivity contribution is 5.95. The van der Waals surface area contributed by atoms with E-state index in [0.29, 0.717) is 12.2 Å². The number of pyridine rings is 1. The molecule has 4 nitrogen and oxygen atoms in total. The van der Waals surface area contributed by atoms with E-state index in [1.807, 2.05) is 51.2 Å². The summed E-state index contributed by atoms with van der Waals surface area (Å²) in [7, 11) is 1.87. The molecule has 0 radical (unpaired) electrons. The highest BCUT2D eigenvalue weighted by Gasteiger charge is 2.10. The molecule has 19 heavy (non-hydrogen) atoms. The van der Waals surface area contributed by atoms with Gasteiger partial charge in [-0.05, 0) is 38.6 Å². The molecule has 4 heteroatoms. The fraction of sp³-hybridized carbons (Fsp3) is 0.333. The largest absolute Gasteiger partial charge is 0.349 e. The summed E-state index contributed by atoms with van der Waals surface area (Å²) in [6.45, 7) is 4.60. The Morgan fingerprint density at radius 2 is 2.11 bits per heavy atom. The van der Waals surface area contributed by atoms with Gasteiger partial charge >= 0.3 is 0 Å². The van der Waals surface area contributed by atoms with Crippen LogP contribution in [0.5, 0.6) is 0 Å². The maximum atomic E-state index is 12.1. The lowest BCUT2D eigenvalue weighted by molar-refractivity contribution is 0.0946. The normalized spacial score (nSPS) is 12.4. The van der Waals surface area contributed by atoms with Crippen molar-refractivity contribution < 1.29 is 4.79 Å². The van der Waals surface area contributed by atoms with Crippen LogP contribution in [0.3, 0.4) is 0 Å². The maximum absolute atomic E-state index is 12.1. The van der Waals surface area contributed by atoms with Crippen LogP contribution in [0, 0.1) is 6.92 Å². The predicted octanol–water partition coefficient (Wildman–Crippen LogP) is 1.88. The minimum Gasteiger partial charge on any atom is -0.349 e. The molecular formula is C15H19N3O. The van der Waals surface area contributed by atoms with Gasteiger partial charge in [-0.1, -0.05) is 18.2 Å². The number of hydrogen-bond donors (Lipinski definition) is 2. The van der Waals surface area contributed by atoms with Crippen LogP contribution in [0.2, 0.25) is 0 Å². The molecule has 2 rings (SSSR count). The zero-order valence-electron chi connectivity index (χ0n) is 11.5. The third-order valence-electron chi connectivity index (χ3n) is 3.22. The number of nitrogens with one attached hydrogen (secondary N) is 2. The van der Waals surface area contributed by atoms with Crippen molar-refractivity contribution >= 4 is 16.8 Å². The summed E-state index contributed by atoms with van der Waals surface area (Å²) in [6, 6.07) is 9.93. The number of carbonyl (C=O) groups is 1. The van der Waals surface area contributed by atoms with Crippen molar-refractivity contribution in [2.24, 2.45) is 0 Å². The first-order valence-corrected chi connectivity index (χ1v) is 6.43. The number of likely N-dealkylation sites (N-methyl/N-ethyl adjacent to an activating group) is 1. The van der Waals surface area contributed by atoms with Gasteiger partial charge in [0, 0.05) is 18.0 Å². The van der Waals surface area contributed by atoms with E-state index >= 15 is 0 Å². The Bertz CT molecular complexity index is 595. The third kappa shape index (κ3) is 3.09. The average molecular weight is 257 g/mol. The molecule has 2 aromatic rings. The van der Waals surface area contributed by atoms with Crippen molar-refractivity contribution in [3.63, 3.8) is 0 Å². The van der Waals surface area contributed by atoms with E-state index in [2.05, 4.69) is 15.6 Å². The number of fused-ring (bicyclic) bond motifs is 1. The molecule has 0 aliphatic carbocycles. The first kappa shape index (κ1) is 13.5. The Kier molecular flexibility index (Phi) is 4.12. The monoisotopic (exact) mass is 257 g/mol. The third-order valence-corrected chi connectivity index (χ3v) is 3.22. The molecule has 1 atom stereocenters. The number of aryl methyl sites for hydroxylation is 1. The van der Waals surface area contributed by atoms with E-state index in [1.165, 1.54) is 0 Å². The van der Waals surface area contributed by atoms with Crippen molar-refractivity contribution in [2.75, 3.05) is 13.6 Å². The van der Waals surface area contributed by atoms with Gasteiger partial charge in [0.25, 0.3) is 5.91 Å². The van der Waals surface area contributed by atoms with E-state index in [4.69, 9.17) is 0 Å². The topological polar surface area (TPSA) is 54.0 Å². The minimum absolute atomic E-state index is 0.129. The molecule has 0 aliphatic rings. The van der Waals surface area contributed by atoms with Crippen LogP contribution in [0.4, 0.5) is 0 Å². The summed E-state index contributed by atoms with van der Waals surface area (Å²) in [4.78, 5) is 16.5. The fourth-order valence-corrected chi connectivity index (χ4v) is 1.90. The van der Waals surface area contributed by atoms with E-state index in [-0.39, 0.29) is 11.9 Å². The van der Waals surface area contributed by atoms with Crippen LogP contribution in [0.1, 0.15) is 23.0 Å². The molecule has 0 spiro atoms. The highest BCUT2D eigenvalue weighted by atomic mass is 16.1. The fourth-order valence-electron chi connectivity index (χ4n) is 1.90. The molecule has 1 aromatic heterocycles. The number of rotatable bonds is 4. The molecular weight excluding hydrogens is 238 g/mol. The van der Waals surface area contributed by atoms with Crippen LogP contribution in [0.15, 0.2) is 30.3 Å². The average Bonchev–Trinajstić information content (AvgIpc) is 2.44. The van der Waals surface area contributed by atoms with Crippen LogP contribution in [0.25, 0.3) is 10.9 Å². The quantitative estimate of drug-likeness (QED) is 0.879. The van der Waals surface area contributed by atoms with Gasteiger partial charge in [0.1, 0.15) is 5.69 Å². The zero-order chi connectivity index (χ0) is 13.8. The van der Waals surface area contributed by atoms with Crippen molar-refractivity contribution in [1.82, 2.24) is 15.6 Å². The van der Waals surface area contributed by atoms with E-state index in [0.717, 1.165) is 16.5 Å². The molecule has 0 bridgehead atoms. The van der Waals surface area contributed by atoms with Gasteiger partial charge in [-0.3, -0.25) is 4.79 Å². The number of nitrogens with zero attached hydrogens (tertiary/aromatic N) is 1.